The molecule has 0 amide bonds. The van der Waals surface area contributed by atoms with Gasteiger partial charge < -0.3 is 30.4 Å². The van der Waals surface area contributed by atoms with E-state index in [2.05, 4.69) is 0 Å². The van der Waals surface area contributed by atoms with Crippen LogP contribution in [-0.2, 0) is 9.47 Å². The van der Waals surface area contributed by atoms with E-state index in [9.17, 15) is 5.11 Å². The van der Waals surface area contributed by atoms with E-state index in [4.69, 9.17) is 33.3 Å². The highest BCUT2D eigenvalue weighted by molar-refractivity contribution is 8.20. The maximum atomic E-state index is 9.54. The Labute approximate surface area is 105 Å². The van der Waals surface area contributed by atoms with E-state index in [1.165, 1.54) is 17.4 Å². The van der Waals surface area contributed by atoms with Crippen molar-refractivity contribution in [2.45, 2.75) is 23.9 Å². The van der Waals surface area contributed by atoms with Gasteiger partial charge in [-0.15, -0.1) is 0 Å². The summed E-state index contributed by atoms with van der Waals surface area (Å²) in [6, 6.07) is 0. The second-order valence-corrected chi connectivity index (χ2v) is 4.20. The monoisotopic (exact) mass is 261 g/mol. The highest BCUT2D eigenvalue weighted by Crippen LogP contribution is 2.25. The fourth-order valence-electron chi connectivity index (χ4n) is 1.42. The van der Waals surface area contributed by atoms with Gasteiger partial charge in [-0.2, -0.15) is 11.6 Å². The zero-order chi connectivity index (χ0) is 12.8. The summed E-state index contributed by atoms with van der Waals surface area (Å²) in [6.45, 7) is -0.0994. The van der Waals surface area contributed by atoms with Crippen molar-refractivity contribution in [2.75, 3.05) is 13.2 Å². The number of rotatable bonds is 5. The number of ether oxygens (including phenoxy) is 2. The van der Waals surface area contributed by atoms with E-state index >= 15 is 0 Å². The van der Waals surface area contributed by atoms with Gasteiger partial charge in [0.1, 0.15) is 17.6 Å². The standard InChI is InChI=1S/C8H16BN3O4S/c9-17-8-5(3-12(11)2-1-10)15-7(14)6(4-13)16-8/h1-2,5-8,13-14H,3-4,10-11H2/b2-1-. The molecule has 9 heteroatoms. The molecule has 0 aliphatic carbocycles. The Morgan fingerprint density at radius 3 is 2.65 bits per heavy atom. The molecule has 2 radical (unpaired) electrons. The van der Waals surface area contributed by atoms with E-state index in [0.29, 0.717) is 0 Å². The van der Waals surface area contributed by atoms with Crippen LogP contribution in [0.15, 0.2) is 12.4 Å². The fraction of sp³-hybridized carbons (Fsp3) is 0.750. The summed E-state index contributed by atoms with van der Waals surface area (Å²) in [4.78, 5) is 0. The molecule has 4 unspecified atom stereocenters. The summed E-state index contributed by atoms with van der Waals surface area (Å²) < 4.78 is 10.6. The van der Waals surface area contributed by atoms with Crippen LogP contribution in [0.3, 0.4) is 0 Å². The molecule has 1 saturated heterocycles. The third-order valence-electron chi connectivity index (χ3n) is 2.23. The van der Waals surface area contributed by atoms with Crippen LogP contribution in [0.5, 0.6) is 0 Å². The van der Waals surface area contributed by atoms with Crippen LogP contribution in [0.2, 0.25) is 0 Å². The van der Waals surface area contributed by atoms with Gasteiger partial charge in [0.05, 0.1) is 13.2 Å². The Bertz CT molecular complexity index is 261. The van der Waals surface area contributed by atoms with Gasteiger partial charge in [-0.1, -0.05) is 0 Å². The lowest BCUT2D eigenvalue weighted by molar-refractivity contribution is -0.273. The molecule has 6 N–H and O–H groups in total. The minimum Gasteiger partial charge on any atom is -0.403 e. The van der Waals surface area contributed by atoms with Crippen LogP contribution in [0.1, 0.15) is 0 Å². The van der Waals surface area contributed by atoms with E-state index in [0.717, 1.165) is 11.6 Å². The Hall–Kier alpha value is -0.445. The van der Waals surface area contributed by atoms with Gasteiger partial charge in [0.25, 0.3) is 0 Å². The van der Waals surface area contributed by atoms with E-state index in [1.807, 2.05) is 0 Å². The highest BCUT2D eigenvalue weighted by Gasteiger charge is 2.37. The predicted octanol–water partition coefficient (Wildman–Crippen LogP) is -2.17. The number of nitrogens with two attached hydrogens (primary N) is 2. The highest BCUT2D eigenvalue weighted by atomic mass is 32.2. The third kappa shape index (κ3) is 4.05. The summed E-state index contributed by atoms with van der Waals surface area (Å²) >= 11 is 0.928. The summed E-state index contributed by atoms with van der Waals surface area (Å²) in [5.41, 5.74) is 4.67. The molecule has 0 aromatic rings. The molecule has 17 heavy (non-hydrogen) atoms. The molecular weight excluding hydrogens is 245 g/mol. The first-order chi connectivity index (χ1) is 8.12. The van der Waals surface area contributed by atoms with Gasteiger partial charge >= 0.3 is 0 Å². The SMILES string of the molecule is [B]SC1OC(CO)C(O)OC1CN(N)/C=C\N. The van der Waals surface area contributed by atoms with Crippen molar-refractivity contribution < 1.29 is 19.7 Å². The smallest absolute Gasteiger partial charge is 0.184 e. The van der Waals surface area contributed by atoms with E-state index < -0.39 is 23.9 Å². The average Bonchev–Trinajstić information content (AvgIpc) is 2.29. The molecule has 0 aromatic carbocycles. The van der Waals surface area contributed by atoms with Gasteiger partial charge in [0.2, 0.25) is 0 Å². The lowest BCUT2D eigenvalue weighted by Gasteiger charge is -2.39. The van der Waals surface area contributed by atoms with Gasteiger partial charge in [-0.25, -0.2) is 5.84 Å². The minimum atomic E-state index is -1.20. The first-order valence-corrected chi connectivity index (χ1v) is 5.91. The Balaban J connectivity index is 2.58. The lowest BCUT2D eigenvalue weighted by atomic mass is 10.2. The van der Waals surface area contributed by atoms with Crippen LogP contribution in [0.4, 0.5) is 0 Å². The summed E-state index contributed by atoms with van der Waals surface area (Å²) in [5, 5.41) is 19.8. The largest absolute Gasteiger partial charge is 0.403 e. The predicted molar refractivity (Wildman–Crippen MR) is 64.2 cm³/mol. The number of aliphatic hydroxyl groups excluding tert-OH is 2. The van der Waals surface area contributed by atoms with Crippen molar-refractivity contribution in [3.8, 4) is 0 Å². The molecule has 96 valence electrons. The molecule has 1 heterocycles. The second kappa shape index (κ2) is 7.09. The van der Waals surface area contributed by atoms with Crippen molar-refractivity contribution >= 4 is 18.7 Å². The van der Waals surface area contributed by atoms with Crippen molar-refractivity contribution in [2.24, 2.45) is 11.6 Å². The van der Waals surface area contributed by atoms with Gasteiger partial charge in [-0.3, -0.25) is 0 Å². The molecule has 4 atom stereocenters. The fourth-order valence-corrected chi connectivity index (χ4v) is 1.95. The van der Waals surface area contributed by atoms with Crippen molar-refractivity contribution in [1.29, 1.82) is 0 Å². The Morgan fingerprint density at radius 2 is 2.12 bits per heavy atom. The maximum absolute atomic E-state index is 9.54. The molecule has 0 aromatic heterocycles. The van der Waals surface area contributed by atoms with Crippen molar-refractivity contribution in [3.63, 3.8) is 0 Å². The Morgan fingerprint density at radius 1 is 1.41 bits per heavy atom. The first-order valence-electron chi connectivity index (χ1n) is 4.97. The van der Waals surface area contributed by atoms with Gasteiger partial charge in [0, 0.05) is 12.4 Å². The van der Waals surface area contributed by atoms with Crippen LogP contribution in [0.25, 0.3) is 0 Å². The van der Waals surface area contributed by atoms with Crippen LogP contribution in [0, 0.1) is 0 Å². The molecule has 1 fully saturated rings. The quantitative estimate of drug-likeness (QED) is 0.251. The molecule has 1 aliphatic heterocycles. The topological polar surface area (TPSA) is 114 Å². The van der Waals surface area contributed by atoms with Crippen LogP contribution < -0.4 is 11.6 Å². The molecule has 7 nitrogen and oxygen atoms in total. The Kier molecular flexibility index (Phi) is 6.10. The molecule has 1 aliphatic rings. The van der Waals surface area contributed by atoms with Gasteiger partial charge in [-0.05, 0) is 0 Å². The number of hydrazine groups is 1. The van der Waals surface area contributed by atoms with E-state index in [-0.39, 0.29) is 13.2 Å². The molecule has 0 spiro atoms. The number of hydrogen-bond donors (Lipinski definition) is 4. The van der Waals surface area contributed by atoms with Crippen LogP contribution >= 0.6 is 11.6 Å². The number of aliphatic hydroxyl groups is 2. The average molecular weight is 261 g/mol. The van der Waals surface area contributed by atoms with Crippen molar-refractivity contribution in [1.82, 2.24) is 5.01 Å². The second-order valence-electron chi connectivity index (χ2n) is 3.46. The summed E-state index contributed by atoms with van der Waals surface area (Å²) in [5.74, 6) is 5.59. The number of hydrogen-bond acceptors (Lipinski definition) is 8. The summed E-state index contributed by atoms with van der Waals surface area (Å²) in [6.07, 6.45) is 0.198. The number of nitrogens with zero attached hydrogens (tertiary/aromatic N) is 1. The normalized spacial score (nSPS) is 34.1. The minimum absolute atomic E-state index is 0.248. The zero-order valence-electron chi connectivity index (χ0n) is 9.18. The van der Waals surface area contributed by atoms with Gasteiger partial charge in [0.15, 0.2) is 13.4 Å². The van der Waals surface area contributed by atoms with Crippen molar-refractivity contribution in [3.05, 3.63) is 12.4 Å². The molecule has 0 bridgehead atoms. The van der Waals surface area contributed by atoms with Crippen LogP contribution in [-0.4, -0.2) is 59.4 Å². The van der Waals surface area contributed by atoms with E-state index in [1.54, 1.807) is 0 Å². The third-order valence-corrected chi connectivity index (χ3v) is 2.91. The molecule has 1 rings (SSSR count). The zero-order valence-corrected chi connectivity index (χ0v) is 9.99. The first kappa shape index (κ1) is 14.6. The lowest BCUT2D eigenvalue weighted by Crippen LogP contribution is -2.53. The molecule has 0 saturated carbocycles. The molecular formula is C8H16BN3O4S. The summed E-state index contributed by atoms with van der Waals surface area (Å²) in [7, 11) is 5.45. The maximum Gasteiger partial charge on any atom is 0.184 e.